The molecule has 0 aromatic heterocycles. The van der Waals surface area contributed by atoms with Crippen LogP contribution >= 0.6 is 11.8 Å². The van der Waals surface area contributed by atoms with Crippen LogP contribution in [0.25, 0.3) is 10.8 Å². The van der Waals surface area contributed by atoms with E-state index in [-0.39, 0.29) is 17.8 Å². The summed E-state index contributed by atoms with van der Waals surface area (Å²) < 4.78 is 12.9. The Bertz CT molecular complexity index is 848. The number of fused-ring (bicyclic) bond motifs is 1. The number of nitrogens with one attached hydrogen (secondary N) is 1. The van der Waals surface area contributed by atoms with Crippen molar-refractivity contribution in [1.29, 1.82) is 0 Å². The van der Waals surface area contributed by atoms with Crippen LogP contribution in [0.4, 0.5) is 4.39 Å². The number of rotatable bonds is 5. The van der Waals surface area contributed by atoms with Crippen LogP contribution in [0, 0.1) is 5.82 Å². The van der Waals surface area contributed by atoms with Gasteiger partial charge in [0.2, 0.25) is 5.91 Å². The molecule has 0 spiro atoms. The molecule has 0 unspecified atom stereocenters. The lowest BCUT2D eigenvalue weighted by atomic mass is 10.1. The summed E-state index contributed by atoms with van der Waals surface area (Å²) in [5, 5.41) is 5.30. The highest BCUT2D eigenvalue weighted by Gasteiger charge is 2.10. The minimum Gasteiger partial charge on any atom is -0.349 e. The average molecular weight is 339 g/mol. The molecule has 3 aromatic rings. The molecule has 24 heavy (non-hydrogen) atoms. The van der Waals surface area contributed by atoms with Gasteiger partial charge in [-0.05, 0) is 47.5 Å². The fraction of sp³-hybridized carbons (Fsp3) is 0.150. The fourth-order valence-corrected chi connectivity index (χ4v) is 3.28. The normalized spacial score (nSPS) is 12.1. The summed E-state index contributed by atoms with van der Waals surface area (Å²) in [5.41, 5.74) is 0.889. The maximum Gasteiger partial charge on any atom is 0.230 e. The molecule has 0 saturated heterocycles. The first-order valence-corrected chi connectivity index (χ1v) is 8.77. The van der Waals surface area contributed by atoms with Gasteiger partial charge in [0.25, 0.3) is 0 Å². The van der Waals surface area contributed by atoms with Crippen molar-refractivity contribution in [3.05, 3.63) is 78.1 Å². The van der Waals surface area contributed by atoms with E-state index in [2.05, 4.69) is 29.6 Å². The predicted octanol–water partition coefficient (Wildman–Crippen LogP) is 4.95. The number of amides is 1. The van der Waals surface area contributed by atoms with Gasteiger partial charge in [0, 0.05) is 4.90 Å². The second-order valence-electron chi connectivity index (χ2n) is 5.64. The summed E-state index contributed by atoms with van der Waals surface area (Å²) in [6, 6.07) is 20.4. The van der Waals surface area contributed by atoms with Crippen molar-refractivity contribution < 1.29 is 9.18 Å². The van der Waals surface area contributed by atoms with Gasteiger partial charge in [-0.25, -0.2) is 4.39 Å². The number of carbonyl (C=O) groups is 1. The Hall–Kier alpha value is -2.33. The van der Waals surface area contributed by atoms with Gasteiger partial charge in [0.15, 0.2) is 0 Å². The largest absolute Gasteiger partial charge is 0.349 e. The summed E-state index contributed by atoms with van der Waals surface area (Å²) in [6.07, 6.45) is 0. The van der Waals surface area contributed by atoms with Crippen LogP contribution in [0.5, 0.6) is 0 Å². The molecule has 0 aliphatic rings. The van der Waals surface area contributed by atoms with E-state index >= 15 is 0 Å². The third kappa shape index (κ3) is 4.15. The Morgan fingerprint density at radius 1 is 1.04 bits per heavy atom. The molecule has 0 bridgehead atoms. The lowest BCUT2D eigenvalue weighted by Gasteiger charge is -2.14. The zero-order chi connectivity index (χ0) is 16.9. The highest BCUT2D eigenvalue weighted by molar-refractivity contribution is 8.00. The van der Waals surface area contributed by atoms with Gasteiger partial charge in [-0.1, -0.05) is 42.5 Å². The monoisotopic (exact) mass is 339 g/mol. The first-order valence-electron chi connectivity index (χ1n) is 7.78. The summed E-state index contributed by atoms with van der Waals surface area (Å²) in [4.78, 5) is 13.2. The van der Waals surface area contributed by atoms with Crippen LogP contribution in [-0.2, 0) is 4.79 Å². The maximum absolute atomic E-state index is 12.9. The van der Waals surface area contributed by atoms with Crippen LogP contribution in [0.15, 0.2) is 71.6 Å². The molecule has 0 aliphatic carbocycles. The zero-order valence-electron chi connectivity index (χ0n) is 13.3. The van der Waals surface area contributed by atoms with E-state index in [1.807, 2.05) is 25.1 Å². The summed E-state index contributed by atoms with van der Waals surface area (Å²) in [5.74, 6) is 0.0401. The highest BCUT2D eigenvalue weighted by Crippen LogP contribution is 2.23. The Labute approximate surface area is 145 Å². The Kier molecular flexibility index (Phi) is 5.16. The van der Waals surface area contributed by atoms with Crippen LogP contribution in [-0.4, -0.2) is 11.7 Å². The van der Waals surface area contributed by atoms with E-state index in [0.717, 1.165) is 10.5 Å². The summed E-state index contributed by atoms with van der Waals surface area (Å²) in [6.45, 7) is 1.89. The number of hydrogen-bond acceptors (Lipinski definition) is 2. The van der Waals surface area contributed by atoms with Gasteiger partial charge < -0.3 is 5.32 Å². The molecule has 4 heteroatoms. The van der Waals surface area contributed by atoms with Crippen molar-refractivity contribution in [2.45, 2.75) is 17.9 Å². The lowest BCUT2D eigenvalue weighted by molar-refractivity contribution is -0.119. The van der Waals surface area contributed by atoms with Crippen molar-refractivity contribution in [1.82, 2.24) is 5.32 Å². The number of halogens is 1. The topological polar surface area (TPSA) is 29.1 Å². The van der Waals surface area contributed by atoms with Crippen LogP contribution < -0.4 is 5.32 Å². The summed E-state index contributed by atoms with van der Waals surface area (Å²) >= 11 is 1.51. The molecule has 0 radical (unpaired) electrons. The molecule has 0 fully saturated rings. The molecule has 1 N–H and O–H groups in total. The smallest absolute Gasteiger partial charge is 0.230 e. The van der Waals surface area contributed by atoms with E-state index in [1.165, 1.54) is 34.7 Å². The lowest BCUT2D eigenvalue weighted by Crippen LogP contribution is -2.28. The van der Waals surface area contributed by atoms with Crippen molar-refractivity contribution >= 4 is 28.4 Å². The standard InChI is InChI=1S/C20H18FNOS/c1-14(15-6-9-18(21)10-7-15)22-20(23)13-24-19-11-8-16-4-2-3-5-17(16)12-19/h2-12,14H,13H2,1H3,(H,22,23)/t14-/m1/s1. The Morgan fingerprint density at radius 2 is 1.75 bits per heavy atom. The van der Waals surface area contributed by atoms with Crippen LogP contribution in [0.1, 0.15) is 18.5 Å². The van der Waals surface area contributed by atoms with Crippen molar-refractivity contribution in [3.8, 4) is 0 Å². The van der Waals surface area contributed by atoms with Gasteiger partial charge >= 0.3 is 0 Å². The number of benzene rings is 3. The number of thioether (sulfide) groups is 1. The molecule has 122 valence electrons. The molecule has 0 aliphatic heterocycles. The van der Waals surface area contributed by atoms with Crippen molar-refractivity contribution in [2.24, 2.45) is 0 Å². The number of carbonyl (C=O) groups excluding carboxylic acids is 1. The maximum atomic E-state index is 12.9. The first-order chi connectivity index (χ1) is 11.6. The van der Waals surface area contributed by atoms with E-state index < -0.39 is 0 Å². The molecule has 3 rings (SSSR count). The second kappa shape index (κ2) is 7.49. The van der Waals surface area contributed by atoms with E-state index in [4.69, 9.17) is 0 Å². The van der Waals surface area contributed by atoms with E-state index in [1.54, 1.807) is 12.1 Å². The average Bonchev–Trinajstić information content (AvgIpc) is 2.60. The van der Waals surface area contributed by atoms with E-state index in [0.29, 0.717) is 5.75 Å². The molecule has 1 atom stereocenters. The third-order valence-electron chi connectivity index (χ3n) is 3.84. The molecule has 0 heterocycles. The minimum absolute atomic E-state index is 0.0371. The van der Waals surface area contributed by atoms with Gasteiger partial charge in [0.1, 0.15) is 5.82 Å². The minimum atomic E-state index is -0.274. The molecule has 0 saturated carbocycles. The van der Waals surface area contributed by atoms with E-state index in [9.17, 15) is 9.18 Å². The quantitative estimate of drug-likeness (QED) is 0.667. The zero-order valence-corrected chi connectivity index (χ0v) is 14.1. The van der Waals surface area contributed by atoms with Gasteiger partial charge in [0.05, 0.1) is 11.8 Å². The Morgan fingerprint density at radius 3 is 2.50 bits per heavy atom. The Balaban J connectivity index is 1.57. The summed E-state index contributed by atoms with van der Waals surface area (Å²) in [7, 11) is 0. The van der Waals surface area contributed by atoms with Crippen LogP contribution in [0.2, 0.25) is 0 Å². The van der Waals surface area contributed by atoms with Crippen molar-refractivity contribution in [2.75, 3.05) is 5.75 Å². The first kappa shape index (κ1) is 16.5. The van der Waals surface area contributed by atoms with Gasteiger partial charge in [-0.3, -0.25) is 4.79 Å². The van der Waals surface area contributed by atoms with Crippen molar-refractivity contribution in [3.63, 3.8) is 0 Å². The fourth-order valence-electron chi connectivity index (χ4n) is 2.52. The molecular weight excluding hydrogens is 321 g/mol. The molecule has 2 nitrogen and oxygen atoms in total. The SMILES string of the molecule is C[C@@H](NC(=O)CSc1ccc2ccccc2c1)c1ccc(F)cc1. The highest BCUT2D eigenvalue weighted by atomic mass is 32.2. The van der Waals surface area contributed by atoms with Gasteiger partial charge in [-0.15, -0.1) is 11.8 Å². The molecule has 1 amide bonds. The second-order valence-corrected chi connectivity index (χ2v) is 6.69. The predicted molar refractivity (Wildman–Crippen MR) is 97.6 cm³/mol. The third-order valence-corrected chi connectivity index (χ3v) is 4.83. The molecule has 3 aromatic carbocycles. The molecular formula is C20H18FNOS. The van der Waals surface area contributed by atoms with Crippen LogP contribution in [0.3, 0.4) is 0 Å². The van der Waals surface area contributed by atoms with Gasteiger partial charge in [-0.2, -0.15) is 0 Å². The number of hydrogen-bond donors (Lipinski definition) is 1.